The molecule has 4 aromatic carbocycles. The first-order valence-corrected chi connectivity index (χ1v) is 16.3. The van der Waals surface area contributed by atoms with Crippen LogP contribution in [-0.2, 0) is 0 Å². The van der Waals surface area contributed by atoms with Gasteiger partial charge in [-0.25, -0.2) is 0 Å². The molecule has 6 heteroatoms. The Bertz CT molecular complexity index is 1080. The lowest BCUT2D eigenvalue weighted by Gasteiger charge is -2.41. The molecule has 0 bridgehead atoms. The van der Waals surface area contributed by atoms with Gasteiger partial charge in [0.1, 0.15) is 0 Å². The largest absolute Gasteiger partial charge is 0.363 e. The van der Waals surface area contributed by atoms with Gasteiger partial charge in [0.25, 0.3) is 0 Å². The van der Waals surface area contributed by atoms with Gasteiger partial charge in [-0.2, -0.15) is 0 Å². The van der Waals surface area contributed by atoms with Crippen LogP contribution in [0.4, 0.5) is 11.4 Å². The number of hydrogen-bond acceptors (Lipinski definition) is 2. The third-order valence-electron chi connectivity index (χ3n) is 5.99. The third-order valence-corrected chi connectivity index (χ3v) is 11.8. The van der Waals surface area contributed by atoms with E-state index in [9.17, 15) is 0 Å². The summed E-state index contributed by atoms with van der Waals surface area (Å²) in [4.78, 5) is 5.28. The van der Waals surface area contributed by atoms with E-state index in [1.54, 1.807) is 0 Å². The Morgan fingerprint density at radius 2 is 0.765 bits per heavy atom. The van der Waals surface area contributed by atoms with Gasteiger partial charge in [-0.15, -0.1) is 0 Å². The Morgan fingerprint density at radius 1 is 0.441 bits per heavy atom. The summed E-state index contributed by atoms with van der Waals surface area (Å²) >= 11 is 7.23. The molecule has 4 aromatic rings. The van der Waals surface area contributed by atoms with E-state index in [2.05, 4.69) is 151 Å². The van der Waals surface area contributed by atoms with Crippen LogP contribution in [0.2, 0.25) is 0 Å². The maximum Gasteiger partial charge on any atom is 0.0438 e. The minimum atomic E-state index is -0.401. The van der Waals surface area contributed by atoms with Gasteiger partial charge < -0.3 is 9.80 Å². The van der Waals surface area contributed by atoms with E-state index >= 15 is 0 Å². The Kier molecular flexibility index (Phi) is 8.02. The van der Waals surface area contributed by atoms with Crippen LogP contribution in [0.1, 0.15) is 0 Å². The summed E-state index contributed by atoms with van der Waals surface area (Å²) in [5, 5.41) is 2.93. The zero-order valence-electron chi connectivity index (χ0n) is 18.8. The fraction of sp³-hybridized carbons (Fsp3) is 0.143. The maximum absolute atomic E-state index is 3.61. The second-order valence-corrected chi connectivity index (χ2v) is 14.5. The molecule has 0 amide bonds. The first-order valence-electron chi connectivity index (χ1n) is 11.3. The quantitative estimate of drug-likeness (QED) is 0.216. The summed E-state index contributed by atoms with van der Waals surface area (Å²) < 4.78 is 2.25. The van der Waals surface area contributed by atoms with Gasteiger partial charge in [0.2, 0.25) is 0 Å². The zero-order chi connectivity index (χ0) is 23.3. The predicted octanol–water partition coefficient (Wildman–Crippen LogP) is 7.98. The number of rotatable bonds is 4. The van der Waals surface area contributed by atoms with Crippen molar-refractivity contribution in [2.45, 2.75) is 0 Å². The standard InChI is InChI=1S/C28H26Br2N2P2/c29-23-11-15-25(16-12-23)31-19-33(27-7-3-1-4-8-27)20-32(26-17-13-24(30)14-18-26)22-34(21-31)28-9-5-2-6-10-28/h1-18H,19-22H2. The van der Waals surface area contributed by atoms with Gasteiger partial charge in [-0.3, -0.25) is 0 Å². The van der Waals surface area contributed by atoms with Crippen LogP contribution in [0, 0.1) is 0 Å². The van der Waals surface area contributed by atoms with Gasteiger partial charge in [-0.1, -0.05) is 92.5 Å². The molecule has 0 aromatic heterocycles. The van der Waals surface area contributed by atoms with Crippen molar-refractivity contribution in [2.24, 2.45) is 0 Å². The molecule has 0 unspecified atom stereocenters. The van der Waals surface area contributed by atoms with Crippen LogP contribution in [0.25, 0.3) is 0 Å². The monoisotopic (exact) mass is 610 g/mol. The summed E-state index contributed by atoms with van der Waals surface area (Å²) in [5.41, 5.74) is 2.62. The molecule has 2 nitrogen and oxygen atoms in total. The average molecular weight is 612 g/mol. The number of halogens is 2. The number of hydrogen-bond donors (Lipinski definition) is 0. The molecule has 5 rings (SSSR count). The third kappa shape index (κ3) is 5.92. The van der Waals surface area contributed by atoms with E-state index in [0.717, 1.165) is 34.1 Å². The molecule has 0 spiro atoms. The molecule has 172 valence electrons. The summed E-state index contributed by atoms with van der Waals surface area (Å²) in [6, 6.07) is 39.9. The fourth-order valence-electron chi connectivity index (χ4n) is 4.24. The molecule has 0 N–H and O–H groups in total. The van der Waals surface area contributed by atoms with Crippen molar-refractivity contribution in [1.29, 1.82) is 0 Å². The van der Waals surface area contributed by atoms with E-state index in [-0.39, 0.29) is 0 Å². The molecular weight excluding hydrogens is 586 g/mol. The highest BCUT2D eigenvalue weighted by atomic mass is 79.9. The van der Waals surface area contributed by atoms with E-state index in [4.69, 9.17) is 0 Å². The Labute approximate surface area is 221 Å². The lowest BCUT2D eigenvalue weighted by Crippen LogP contribution is -2.38. The highest BCUT2D eigenvalue weighted by Gasteiger charge is 2.28. The molecule has 1 aliphatic heterocycles. The summed E-state index contributed by atoms with van der Waals surface area (Å²) in [7, 11) is -0.802. The van der Waals surface area contributed by atoms with E-state index in [1.807, 2.05) is 0 Å². The molecule has 0 radical (unpaired) electrons. The zero-order valence-corrected chi connectivity index (χ0v) is 23.7. The van der Waals surface area contributed by atoms with Crippen molar-refractivity contribution >= 4 is 69.7 Å². The van der Waals surface area contributed by atoms with Crippen molar-refractivity contribution < 1.29 is 0 Å². The topological polar surface area (TPSA) is 6.48 Å². The van der Waals surface area contributed by atoms with Gasteiger partial charge in [0, 0.05) is 45.5 Å². The van der Waals surface area contributed by atoms with Crippen LogP contribution in [0.3, 0.4) is 0 Å². The minimum absolute atomic E-state index is 0.401. The van der Waals surface area contributed by atoms with Gasteiger partial charge in [0.05, 0.1) is 0 Å². The molecule has 1 heterocycles. The van der Waals surface area contributed by atoms with Crippen LogP contribution in [-0.4, -0.2) is 25.1 Å². The van der Waals surface area contributed by atoms with Gasteiger partial charge in [-0.05, 0) is 75.0 Å². The van der Waals surface area contributed by atoms with Crippen molar-refractivity contribution in [1.82, 2.24) is 0 Å². The molecular formula is C28H26Br2N2P2. The minimum Gasteiger partial charge on any atom is -0.363 e. The van der Waals surface area contributed by atoms with E-state index in [1.165, 1.54) is 22.0 Å². The normalized spacial score (nSPS) is 18.9. The maximum atomic E-state index is 3.61. The van der Waals surface area contributed by atoms with Crippen LogP contribution >= 0.6 is 47.7 Å². The average Bonchev–Trinajstić information content (AvgIpc) is 2.87. The highest BCUT2D eigenvalue weighted by Crippen LogP contribution is 2.47. The van der Waals surface area contributed by atoms with E-state index in [0.29, 0.717) is 0 Å². The molecule has 0 aliphatic carbocycles. The fourth-order valence-corrected chi connectivity index (χ4v) is 9.80. The highest BCUT2D eigenvalue weighted by molar-refractivity contribution is 9.10. The summed E-state index contributed by atoms with van der Waals surface area (Å²) in [5.74, 6) is 0. The Hall–Kier alpha value is -1.70. The molecule has 1 aliphatic rings. The number of nitrogens with zero attached hydrogens (tertiary/aromatic N) is 2. The van der Waals surface area contributed by atoms with Gasteiger partial charge >= 0.3 is 0 Å². The van der Waals surface area contributed by atoms with Crippen LogP contribution < -0.4 is 20.4 Å². The SMILES string of the molecule is Brc1ccc(N2CP(c3ccccc3)CN(c3ccc(Br)cc3)CP(c3ccccc3)C2)cc1. The molecule has 34 heavy (non-hydrogen) atoms. The summed E-state index contributed by atoms with van der Waals surface area (Å²) in [6.07, 6.45) is 4.22. The second-order valence-electron chi connectivity index (χ2n) is 8.35. The molecule has 0 saturated carbocycles. The van der Waals surface area contributed by atoms with Gasteiger partial charge in [0.15, 0.2) is 0 Å². The summed E-state index contributed by atoms with van der Waals surface area (Å²) in [6.45, 7) is 0. The van der Waals surface area contributed by atoms with Crippen molar-refractivity contribution in [3.8, 4) is 0 Å². The predicted molar refractivity (Wildman–Crippen MR) is 159 cm³/mol. The first kappa shape index (κ1) is 24.0. The lowest BCUT2D eigenvalue weighted by atomic mass is 10.3. The van der Waals surface area contributed by atoms with Crippen LogP contribution in [0.15, 0.2) is 118 Å². The number of benzene rings is 4. The number of anilines is 2. The van der Waals surface area contributed by atoms with Crippen molar-refractivity contribution in [3.05, 3.63) is 118 Å². The Balaban J connectivity index is 1.55. The lowest BCUT2D eigenvalue weighted by molar-refractivity contribution is 0.984. The molecule has 1 saturated heterocycles. The molecule has 0 atom stereocenters. The van der Waals surface area contributed by atoms with Crippen LogP contribution in [0.5, 0.6) is 0 Å². The molecule has 1 fully saturated rings. The first-order chi connectivity index (χ1) is 16.7. The van der Waals surface area contributed by atoms with Crippen molar-refractivity contribution in [2.75, 3.05) is 34.9 Å². The van der Waals surface area contributed by atoms with E-state index < -0.39 is 15.8 Å². The van der Waals surface area contributed by atoms with Crippen molar-refractivity contribution in [3.63, 3.8) is 0 Å². The Morgan fingerprint density at radius 3 is 1.09 bits per heavy atom. The second kappa shape index (κ2) is 11.4. The smallest absolute Gasteiger partial charge is 0.0438 e.